The van der Waals surface area contributed by atoms with Crippen molar-refractivity contribution < 1.29 is 14.3 Å². The Labute approximate surface area is 195 Å². The normalized spacial score (nSPS) is 47.2. The van der Waals surface area contributed by atoms with Crippen molar-refractivity contribution in [2.24, 2.45) is 52.1 Å². The molecule has 0 spiro atoms. The van der Waals surface area contributed by atoms with E-state index in [2.05, 4.69) is 45.6 Å². The molecule has 0 aromatic carbocycles. The molecule has 0 radical (unpaired) electrons. The van der Waals surface area contributed by atoms with Crippen molar-refractivity contribution in [3.8, 4) is 0 Å². The maximum Gasteiger partial charge on any atom is 0.348 e. The van der Waals surface area contributed by atoms with Crippen LogP contribution in [0.1, 0.15) is 105 Å². The second-order valence-electron chi connectivity index (χ2n) is 12.7. The van der Waals surface area contributed by atoms with Crippen LogP contribution in [0.15, 0.2) is 11.6 Å². The largest absolute Gasteiger partial charge is 0.348 e. The van der Waals surface area contributed by atoms with E-state index >= 15 is 0 Å². The molecule has 0 heterocycles. The van der Waals surface area contributed by atoms with E-state index in [1.165, 1.54) is 57.8 Å². The van der Waals surface area contributed by atoms with E-state index in [4.69, 9.17) is 5.73 Å². The van der Waals surface area contributed by atoms with E-state index in [9.17, 15) is 9.32 Å². The molecule has 4 heteroatoms. The summed E-state index contributed by atoms with van der Waals surface area (Å²) in [5, 5.41) is 0. The molecule has 0 aromatic rings. The van der Waals surface area contributed by atoms with Gasteiger partial charge in [-0.05, 0) is 124 Å². The minimum atomic E-state index is -0.731. The van der Waals surface area contributed by atoms with Gasteiger partial charge in [0.15, 0.2) is 0 Å². The predicted octanol–water partition coefficient (Wildman–Crippen LogP) is 7.15. The van der Waals surface area contributed by atoms with E-state index < -0.39 is 5.97 Å². The van der Waals surface area contributed by atoms with Crippen molar-refractivity contribution >= 4 is 5.97 Å². The number of hydrogen-bond acceptors (Lipinski definition) is 3. The standard InChI is InChI=1S/C28H46FNO2/c1-6-18(2)20-11-14-26(4)21(17-20)12-16-28(30)23-9-8-22(19(3)7-10-25(31)32-29)27(23,5)15-13-24(26)28/h6,19-24H,7-17,30H2,1-5H3/b18-6-/t19-,20?,21?,22?,23?,24?,26?,27?,28?/m1/s1. The van der Waals surface area contributed by atoms with Gasteiger partial charge in [0, 0.05) is 16.5 Å². The zero-order valence-electron chi connectivity index (χ0n) is 21.1. The number of nitrogens with two attached hydrogens (primary N) is 1. The van der Waals surface area contributed by atoms with Gasteiger partial charge in [-0.15, -0.1) is 0 Å². The molecule has 4 rings (SSSR count). The van der Waals surface area contributed by atoms with Crippen molar-refractivity contribution in [1.29, 1.82) is 0 Å². The summed E-state index contributed by atoms with van der Waals surface area (Å²) in [4.78, 5) is 14.8. The van der Waals surface area contributed by atoms with Crippen LogP contribution < -0.4 is 5.73 Å². The zero-order chi connectivity index (χ0) is 23.3. The summed E-state index contributed by atoms with van der Waals surface area (Å²) in [6.07, 6.45) is 14.6. The molecule has 4 fully saturated rings. The smallest absolute Gasteiger partial charge is 0.325 e. The average molecular weight is 448 g/mol. The Morgan fingerprint density at radius 1 is 1.09 bits per heavy atom. The highest BCUT2D eigenvalue weighted by Crippen LogP contribution is 2.69. The second kappa shape index (κ2) is 8.71. The molecular formula is C28H46FNO2. The van der Waals surface area contributed by atoms with Gasteiger partial charge < -0.3 is 5.73 Å². The SMILES string of the molecule is C/C=C(/C)C1CCC2(C)C(CCC3(N)C2CCC2(C)C([C@H](C)CCC(=O)OF)CCC23)C1. The highest BCUT2D eigenvalue weighted by atomic mass is 19.3. The summed E-state index contributed by atoms with van der Waals surface area (Å²) in [5.41, 5.74) is 9.68. The van der Waals surface area contributed by atoms with Crippen LogP contribution >= 0.6 is 0 Å². The van der Waals surface area contributed by atoms with Gasteiger partial charge in [0.25, 0.3) is 0 Å². The number of carbonyl (C=O) groups excluding carboxylic acids is 1. The lowest BCUT2D eigenvalue weighted by molar-refractivity contribution is -0.184. The number of carbonyl (C=O) groups is 1. The molecule has 8 unspecified atom stereocenters. The van der Waals surface area contributed by atoms with Gasteiger partial charge in [0.05, 0.1) is 0 Å². The first-order chi connectivity index (χ1) is 15.1. The Hall–Kier alpha value is -0.900. The van der Waals surface area contributed by atoms with Gasteiger partial charge in [0.2, 0.25) is 0 Å². The first-order valence-electron chi connectivity index (χ1n) is 13.3. The lowest BCUT2D eigenvalue weighted by atomic mass is 9.41. The predicted molar refractivity (Wildman–Crippen MR) is 127 cm³/mol. The molecule has 2 N–H and O–H groups in total. The molecule has 0 saturated heterocycles. The molecule has 3 nitrogen and oxygen atoms in total. The molecule has 0 amide bonds. The third kappa shape index (κ3) is 3.67. The zero-order valence-corrected chi connectivity index (χ0v) is 21.1. The van der Waals surface area contributed by atoms with E-state index in [1.807, 2.05) is 0 Å². The van der Waals surface area contributed by atoms with Gasteiger partial charge in [-0.25, -0.2) is 4.79 Å². The van der Waals surface area contributed by atoms with Crippen molar-refractivity contribution in [3.63, 3.8) is 0 Å². The molecule has 9 atom stereocenters. The summed E-state index contributed by atoms with van der Waals surface area (Å²) >= 11 is 0. The van der Waals surface area contributed by atoms with Gasteiger partial charge in [-0.3, -0.25) is 4.94 Å². The fraction of sp³-hybridized carbons (Fsp3) is 0.893. The molecule has 182 valence electrons. The van der Waals surface area contributed by atoms with Crippen LogP contribution in [-0.4, -0.2) is 11.5 Å². The fourth-order valence-electron chi connectivity index (χ4n) is 9.68. The monoisotopic (exact) mass is 447 g/mol. The lowest BCUT2D eigenvalue weighted by Crippen LogP contribution is -2.68. The topological polar surface area (TPSA) is 52.3 Å². The number of fused-ring (bicyclic) bond motifs is 5. The number of allylic oxidation sites excluding steroid dienone is 2. The Bertz CT molecular complexity index is 752. The number of hydrogen-bond donors (Lipinski definition) is 1. The minimum absolute atomic E-state index is 0.0485. The molecule has 0 aromatic heterocycles. The molecular weight excluding hydrogens is 401 g/mol. The second-order valence-corrected chi connectivity index (χ2v) is 12.7. The molecule has 4 aliphatic rings. The Balaban J connectivity index is 1.52. The number of rotatable bonds is 5. The molecule has 0 bridgehead atoms. The third-order valence-electron chi connectivity index (χ3n) is 11.6. The lowest BCUT2D eigenvalue weighted by Gasteiger charge is -2.66. The molecule has 32 heavy (non-hydrogen) atoms. The van der Waals surface area contributed by atoms with Crippen LogP contribution in [0.4, 0.5) is 4.53 Å². The van der Waals surface area contributed by atoms with E-state index in [-0.39, 0.29) is 17.4 Å². The summed E-state index contributed by atoms with van der Waals surface area (Å²) in [7, 11) is 0. The first-order valence-corrected chi connectivity index (χ1v) is 13.3. The van der Waals surface area contributed by atoms with E-state index in [0.717, 1.165) is 11.8 Å². The quantitative estimate of drug-likeness (QED) is 0.455. The van der Waals surface area contributed by atoms with Crippen LogP contribution in [-0.2, 0) is 9.74 Å². The van der Waals surface area contributed by atoms with Gasteiger partial charge in [0.1, 0.15) is 0 Å². The Morgan fingerprint density at radius 2 is 1.78 bits per heavy atom. The minimum Gasteiger partial charge on any atom is -0.325 e. The van der Waals surface area contributed by atoms with E-state index in [1.54, 1.807) is 5.57 Å². The fourth-order valence-corrected chi connectivity index (χ4v) is 9.68. The average Bonchev–Trinajstić information content (AvgIpc) is 3.14. The van der Waals surface area contributed by atoms with E-state index in [0.29, 0.717) is 35.5 Å². The molecule has 4 saturated carbocycles. The Kier molecular flexibility index (Phi) is 6.59. The summed E-state index contributed by atoms with van der Waals surface area (Å²) in [6.45, 7) is 11.8. The maximum absolute atomic E-state index is 12.2. The molecule has 0 aliphatic heterocycles. The van der Waals surface area contributed by atoms with Gasteiger partial charge in [-0.2, -0.15) is 0 Å². The van der Waals surface area contributed by atoms with Crippen molar-refractivity contribution in [1.82, 2.24) is 0 Å². The van der Waals surface area contributed by atoms with Crippen LogP contribution in [0, 0.1) is 46.3 Å². The maximum atomic E-state index is 12.2. The van der Waals surface area contributed by atoms with Crippen molar-refractivity contribution in [2.75, 3.05) is 0 Å². The van der Waals surface area contributed by atoms with Gasteiger partial charge in [-0.1, -0.05) is 32.4 Å². The van der Waals surface area contributed by atoms with Crippen LogP contribution in [0.5, 0.6) is 0 Å². The third-order valence-corrected chi connectivity index (χ3v) is 11.6. The van der Waals surface area contributed by atoms with Crippen molar-refractivity contribution in [2.45, 2.75) is 111 Å². The van der Waals surface area contributed by atoms with Crippen LogP contribution in [0.2, 0.25) is 0 Å². The highest BCUT2D eigenvalue weighted by Gasteiger charge is 2.65. The first kappa shape index (κ1) is 24.2. The van der Waals surface area contributed by atoms with Crippen LogP contribution in [0.3, 0.4) is 0 Å². The van der Waals surface area contributed by atoms with Crippen LogP contribution in [0.25, 0.3) is 0 Å². The van der Waals surface area contributed by atoms with Gasteiger partial charge >= 0.3 is 5.97 Å². The summed E-state index contributed by atoms with van der Waals surface area (Å²) in [6, 6.07) is 0. The Morgan fingerprint density at radius 3 is 2.47 bits per heavy atom. The van der Waals surface area contributed by atoms with Crippen molar-refractivity contribution in [3.05, 3.63) is 11.6 Å². The summed E-state index contributed by atoms with van der Waals surface area (Å²) < 4.78 is 12.2. The summed E-state index contributed by atoms with van der Waals surface area (Å²) in [5.74, 6) is 3.02. The number of halogens is 1. The molecule has 4 aliphatic carbocycles. The highest BCUT2D eigenvalue weighted by molar-refractivity contribution is 5.68.